The van der Waals surface area contributed by atoms with Gasteiger partial charge in [0.15, 0.2) is 0 Å². The SMILES string of the molecule is CC(C)n1nccc1C(=O)N[C@H](C(=O)Nc1ccc([C@H](C)C(=O)NCC(N(C)C)C(F)(F)F)cc1F)C(C1CC1)C1CC1CC(C)n1nccc1C(=O)N[C@H](C(=O)Nc1ccc([C@H](C)C(=O)N2CCC(F)(F)C2)cc1F)C(C1CC1)C1CC1. The second-order valence-electron chi connectivity index (χ2n) is 24.3. The van der Waals surface area contributed by atoms with Gasteiger partial charge in [-0.05, 0) is 189 Å². The van der Waals surface area contributed by atoms with Crippen LogP contribution in [0.3, 0.4) is 0 Å². The molecule has 0 spiro atoms. The van der Waals surface area contributed by atoms with Crippen molar-refractivity contribution in [3.63, 3.8) is 0 Å². The highest BCUT2D eigenvalue weighted by Crippen LogP contribution is 2.57. The number of nitrogens with zero attached hydrogens (tertiary/aromatic N) is 6. The number of hydrogen-bond acceptors (Lipinski definition) is 9. The molecule has 6 amide bonds. The van der Waals surface area contributed by atoms with Gasteiger partial charge < -0.3 is 31.5 Å². The van der Waals surface area contributed by atoms with Crippen molar-refractivity contribution in [2.24, 2.45) is 41.4 Å². The van der Waals surface area contributed by atoms with Crippen LogP contribution in [0, 0.1) is 53.1 Å². The van der Waals surface area contributed by atoms with E-state index >= 15 is 8.78 Å². The Hall–Kier alpha value is -6.85. The first-order chi connectivity index (χ1) is 39.2. The molecule has 1 aliphatic heterocycles. The summed E-state index contributed by atoms with van der Waals surface area (Å²) in [6.07, 6.45) is 4.13. The summed E-state index contributed by atoms with van der Waals surface area (Å²) < 4.78 is 103. The highest BCUT2D eigenvalue weighted by molar-refractivity contribution is 6.02. The van der Waals surface area contributed by atoms with Crippen LogP contribution in [0.4, 0.5) is 42.1 Å². The number of anilines is 2. The molecule has 4 saturated carbocycles. The Labute approximate surface area is 477 Å². The van der Waals surface area contributed by atoms with E-state index < -0.39 is 115 Å². The van der Waals surface area contributed by atoms with E-state index in [9.17, 15) is 50.7 Å². The van der Waals surface area contributed by atoms with Crippen molar-refractivity contribution >= 4 is 46.8 Å². The molecule has 17 nitrogen and oxygen atoms in total. The minimum absolute atomic E-state index is 0.00288. The van der Waals surface area contributed by atoms with Crippen molar-refractivity contribution in [2.45, 2.75) is 147 Å². The van der Waals surface area contributed by atoms with Crippen LogP contribution < -0.4 is 26.6 Å². The van der Waals surface area contributed by atoms with E-state index in [1.54, 1.807) is 16.8 Å². The number of alkyl halides is 5. The maximum Gasteiger partial charge on any atom is 0.405 e. The molecular formula is C59H74F7N11O6. The molecule has 9 rings (SSSR count). The summed E-state index contributed by atoms with van der Waals surface area (Å²) in [6, 6.07) is 6.01. The number of benzene rings is 2. The lowest BCUT2D eigenvalue weighted by Crippen LogP contribution is -2.50. The van der Waals surface area contributed by atoms with Crippen LogP contribution in [0.2, 0.25) is 0 Å². The normalized spacial score (nSPS) is 21.2. The van der Waals surface area contributed by atoms with E-state index in [4.69, 9.17) is 0 Å². The summed E-state index contributed by atoms with van der Waals surface area (Å²) in [5, 5.41) is 22.5. The molecule has 2 aromatic heterocycles. The summed E-state index contributed by atoms with van der Waals surface area (Å²) in [6.45, 7) is 7.03. The van der Waals surface area contributed by atoms with Crippen molar-refractivity contribution < 1.29 is 59.5 Å². The number of hydrogen-bond donors (Lipinski definition) is 5. The smallest absolute Gasteiger partial charge is 0.354 e. The van der Waals surface area contributed by atoms with Gasteiger partial charge in [0.25, 0.3) is 17.7 Å². The summed E-state index contributed by atoms with van der Waals surface area (Å²) >= 11 is 0. The molecular weight excluding hydrogens is 1090 g/mol. The lowest BCUT2D eigenvalue weighted by molar-refractivity contribution is -0.176. The van der Waals surface area contributed by atoms with Crippen LogP contribution in [0.25, 0.3) is 0 Å². The largest absolute Gasteiger partial charge is 0.405 e. The fraction of sp³-hybridized carbons (Fsp3) is 0.593. The van der Waals surface area contributed by atoms with E-state index in [2.05, 4.69) is 36.8 Å². The number of carbonyl (C=O) groups is 6. The first kappa shape index (κ1) is 60.7. The average Bonchev–Trinajstić information content (AvgIpc) is 3.14. The predicted octanol–water partition coefficient (Wildman–Crippen LogP) is 8.85. The topological polar surface area (TPSA) is 205 Å². The molecule has 4 aliphatic carbocycles. The predicted molar refractivity (Wildman–Crippen MR) is 293 cm³/mol. The first-order valence-corrected chi connectivity index (χ1v) is 28.8. The van der Waals surface area contributed by atoms with Crippen molar-refractivity contribution in [1.82, 2.24) is 45.3 Å². The molecule has 5 aliphatic rings. The van der Waals surface area contributed by atoms with Crippen molar-refractivity contribution in [3.8, 4) is 0 Å². The molecule has 0 radical (unpaired) electrons. The highest BCUT2D eigenvalue weighted by Gasteiger charge is 2.54. The average molecular weight is 1170 g/mol. The number of likely N-dealkylation sites (tertiary alicyclic amines) is 1. The molecule has 1 saturated heterocycles. The number of amides is 6. The van der Waals surface area contributed by atoms with E-state index in [-0.39, 0.29) is 88.0 Å². The zero-order chi connectivity index (χ0) is 60.0. The Morgan fingerprint density at radius 2 is 1.18 bits per heavy atom. The van der Waals surface area contributed by atoms with Gasteiger partial charge in [-0.3, -0.25) is 43.0 Å². The van der Waals surface area contributed by atoms with Gasteiger partial charge in [-0.25, -0.2) is 17.6 Å². The van der Waals surface area contributed by atoms with Crippen LogP contribution in [-0.4, -0.2) is 129 Å². The summed E-state index contributed by atoms with van der Waals surface area (Å²) in [4.78, 5) is 85.7. The zero-order valence-corrected chi connectivity index (χ0v) is 47.6. The lowest BCUT2D eigenvalue weighted by atomic mass is 9.86. The highest BCUT2D eigenvalue weighted by atomic mass is 19.4. The van der Waals surface area contributed by atoms with E-state index in [0.717, 1.165) is 60.5 Å². The number of halogens is 7. The van der Waals surface area contributed by atoms with Crippen molar-refractivity contribution in [3.05, 3.63) is 95.1 Å². The minimum atomic E-state index is -4.61. The Morgan fingerprint density at radius 1 is 0.687 bits per heavy atom. The van der Waals surface area contributed by atoms with Gasteiger partial charge in [-0.2, -0.15) is 23.4 Å². The Kier molecular flexibility index (Phi) is 17.8. The lowest BCUT2D eigenvalue weighted by Gasteiger charge is -2.29. The quantitative estimate of drug-likeness (QED) is 0.0402. The van der Waals surface area contributed by atoms with Gasteiger partial charge in [0.2, 0.25) is 23.6 Å². The van der Waals surface area contributed by atoms with Crippen molar-refractivity contribution in [2.75, 3.05) is 44.4 Å². The van der Waals surface area contributed by atoms with Gasteiger partial charge in [-0.1, -0.05) is 12.1 Å². The third kappa shape index (κ3) is 14.2. The van der Waals surface area contributed by atoms with Gasteiger partial charge in [-0.15, -0.1) is 0 Å². The Balaban J connectivity index is 0.882. The van der Waals surface area contributed by atoms with Crippen molar-refractivity contribution in [1.29, 1.82) is 0 Å². The van der Waals surface area contributed by atoms with Gasteiger partial charge >= 0.3 is 6.18 Å². The molecule has 5 fully saturated rings. The monoisotopic (exact) mass is 1170 g/mol. The number of nitrogens with one attached hydrogen (secondary N) is 5. The Bertz CT molecular complexity index is 3050. The van der Waals surface area contributed by atoms with Gasteiger partial charge in [0, 0.05) is 37.9 Å². The molecule has 2 aromatic carbocycles. The number of rotatable bonds is 25. The molecule has 0 bridgehead atoms. The summed E-state index contributed by atoms with van der Waals surface area (Å²) in [7, 11) is 2.49. The summed E-state index contributed by atoms with van der Waals surface area (Å²) in [5.74, 6) is -10.7. The van der Waals surface area contributed by atoms with E-state index in [1.165, 1.54) is 69.3 Å². The Morgan fingerprint density at radius 3 is 1.65 bits per heavy atom. The molecule has 3 heterocycles. The molecule has 4 aromatic rings. The third-order valence-electron chi connectivity index (χ3n) is 17.5. The summed E-state index contributed by atoms with van der Waals surface area (Å²) in [5.41, 5.74) is 0.418. The van der Waals surface area contributed by atoms with Crippen LogP contribution in [0.1, 0.15) is 148 Å². The molecule has 5 unspecified atom stereocenters. The molecule has 83 heavy (non-hydrogen) atoms. The fourth-order valence-corrected chi connectivity index (χ4v) is 12.3. The molecule has 24 heteroatoms. The van der Waals surface area contributed by atoms with Crippen LogP contribution in [0.5, 0.6) is 0 Å². The molecule has 5 N–H and O–H groups in total. The number of aromatic nitrogens is 4. The maximum absolute atomic E-state index is 16.0. The first-order valence-electron chi connectivity index (χ1n) is 28.8. The second kappa shape index (κ2) is 24.4. The number of carbonyl (C=O) groups excluding carboxylic acids is 6. The number of likely N-dealkylation sites (N-methyl/N-ethyl adjacent to an activating group) is 1. The minimum Gasteiger partial charge on any atom is -0.354 e. The van der Waals surface area contributed by atoms with Gasteiger partial charge in [0.05, 0.1) is 35.8 Å². The fourth-order valence-electron chi connectivity index (χ4n) is 12.3. The molecule has 450 valence electrons. The third-order valence-corrected chi connectivity index (χ3v) is 17.5. The van der Waals surface area contributed by atoms with E-state index in [1.807, 2.05) is 20.8 Å². The molecule has 9 atom stereocenters. The van der Waals surface area contributed by atoms with E-state index in [0.29, 0.717) is 12.8 Å². The standard InChI is InChI=1S/C59H74F7N11O6/c1-30(2)76-45(18-21-68-76)53(79)73-51(56(82)71-43-16-14-37(26-41(43)60)32(4)52(78)67-28-47(74(6)7)59(64,65)66)49(36-12-13-36)40-25-39(40)24-31(3)77-46(19-22-69-77)54(80)72-50(48(34-8-9-34)35-10-11-35)55(81)70-44-17-15-38(27-42(44)61)33(5)57(83)75-23-20-58(62,63)29-75/h14-19,21-22,26-27,30-36,39-40,47-51H,8-13,20,23-25,28-29H2,1-7H3,(H,67,78)(H,70,81)(H,71,82)(H,72,80)(H,73,79)/t31?,32-,33-,39?,40?,47?,49?,50-,51-/m0/s1. The zero-order valence-electron chi connectivity index (χ0n) is 47.6. The van der Waals surface area contributed by atoms with Crippen LogP contribution in [-0.2, 0) is 19.2 Å². The van der Waals surface area contributed by atoms with Gasteiger partial charge in [0.1, 0.15) is 41.1 Å². The second-order valence-corrected chi connectivity index (χ2v) is 24.3. The van der Waals surface area contributed by atoms with Crippen LogP contribution >= 0.6 is 0 Å². The maximum atomic E-state index is 16.0. The van der Waals surface area contributed by atoms with Crippen LogP contribution in [0.15, 0.2) is 60.9 Å².